The van der Waals surface area contributed by atoms with Gasteiger partial charge in [0.05, 0.1) is 4.92 Å². The van der Waals surface area contributed by atoms with Crippen LogP contribution in [0.4, 0.5) is 11.5 Å². The first-order valence-electron chi connectivity index (χ1n) is 9.11. The summed E-state index contributed by atoms with van der Waals surface area (Å²) in [7, 11) is 0. The molecule has 0 amide bonds. The Balaban J connectivity index is 1.87. The molecular weight excluding hydrogens is 344 g/mol. The van der Waals surface area contributed by atoms with E-state index < -0.39 is 4.92 Å². The summed E-state index contributed by atoms with van der Waals surface area (Å²) in [6, 6.07) is 6.81. The molecule has 1 saturated heterocycles. The smallest absolute Gasteiger partial charge is 0.373 e. The fourth-order valence-electron chi connectivity index (χ4n) is 3.42. The highest BCUT2D eigenvalue weighted by Crippen LogP contribution is 2.37. The second-order valence-corrected chi connectivity index (χ2v) is 6.60. The van der Waals surface area contributed by atoms with Crippen molar-refractivity contribution in [3.8, 4) is 24.0 Å². The van der Waals surface area contributed by atoms with Gasteiger partial charge < -0.3 is 9.64 Å². The third-order valence-corrected chi connectivity index (χ3v) is 4.78. The van der Waals surface area contributed by atoms with Crippen molar-refractivity contribution >= 4 is 11.5 Å². The van der Waals surface area contributed by atoms with E-state index in [-0.39, 0.29) is 11.6 Å². The fourth-order valence-corrected chi connectivity index (χ4v) is 3.42. The first kappa shape index (κ1) is 18.6. The van der Waals surface area contributed by atoms with E-state index in [9.17, 15) is 10.1 Å². The second kappa shape index (κ2) is 8.49. The first-order valence-corrected chi connectivity index (χ1v) is 9.11. The molecule has 0 spiro atoms. The highest BCUT2D eigenvalue weighted by atomic mass is 16.6. The Kier molecular flexibility index (Phi) is 5.87. The molecule has 1 aliphatic rings. The fraction of sp³-hybridized carbons (Fsp3) is 0.400. The van der Waals surface area contributed by atoms with Gasteiger partial charge in [0, 0.05) is 18.7 Å². The van der Waals surface area contributed by atoms with Crippen LogP contribution < -0.4 is 9.64 Å². The van der Waals surface area contributed by atoms with Crippen molar-refractivity contribution in [2.24, 2.45) is 5.92 Å². The molecule has 2 heterocycles. The van der Waals surface area contributed by atoms with Gasteiger partial charge in [0.15, 0.2) is 0 Å². The van der Waals surface area contributed by atoms with Crippen LogP contribution in [0.25, 0.3) is 0 Å². The van der Waals surface area contributed by atoms with Crippen LogP contribution in [0.3, 0.4) is 0 Å². The van der Waals surface area contributed by atoms with Crippen LogP contribution in [-0.4, -0.2) is 28.0 Å². The maximum atomic E-state index is 11.8. The van der Waals surface area contributed by atoms with Gasteiger partial charge in [-0.2, -0.15) is 4.98 Å². The van der Waals surface area contributed by atoms with E-state index in [1.807, 2.05) is 4.90 Å². The van der Waals surface area contributed by atoms with Crippen LogP contribution in [0.5, 0.6) is 11.6 Å². The molecule has 1 aromatic carbocycles. The Hall–Kier alpha value is -3.14. The van der Waals surface area contributed by atoms with Crippen molar-refractivity contribution in [2.45, 2.75) is 32.6 Å². The van der Waals surface area contributed by atoms with Crippen molar-refractivity contribution in [1.29, 1.82) is 0 Å². The van der Waals surface area contributed by atoms with E-state index in [0.29, 0.717) is 23.0 Å². The lowest BCUT2D eigenvalue weighted by atomic mass is 9.92. The maximum absolute atomic E-state index is 11.8. The lowest BCUT2D eigenvalue weighted by Crippen LogP contribution is -2.34. The number of anilines is 1. The number of hydrogen-bond acceptors (Lipinski definition) is 6. The van der Waals surface area contributed by atoms with Gasteiger partial charge in [-0.25, -0.2) is 4.98 Å². The molecule has 0 radical (unpaired) electrons. The maximum Gasteiger partial charge on any atom is 0.373 e. The van der Waals surface area contributed by atoms with Gasteiger partial charge >= 0.3 is 11.6 Å². The second-order valence-electron chi connectivity index (χ2n) is 6.60. The molecule has 2 aromatic rings. The molecule has 1 fully saturated rings. The zero-order chi connectivity index (χ0) is 19.2. The molecule has 27 heavy (non-hydrogen) atoms. The Labute approximate surface area is 158 Å². The number of aromatic nitrogens is 2. The lowest BCUT2D eigenvalue weighted by Gasteiger charge is -2.32. The summed E-state index contributed by atoms with van der Waals surface area (Å²) in [5, 5.41) is 11.8. The Morgan fingerprint density at radius 2 is 2.15 bits per heavy atom. The van der Waals surface area contributed by atoms with Gasteiger partial charge in [0.25, 0.3) is 0 Å². The van der Waals surface area contributed by atoms with Crippen LogP contribution in [0.15, 0.2) is 30.6 Å². The predicted octanol–water partition coefficient (Wildman–Crippen LogP) is 4.17. The number of rotatable bonds is 6. The van der Waals surface area contributed by atoms with Gasteiger partial charge in [0.1, 0.15) is 12.1 Å². The predicted molar refractivity (Wildman–Crippen MR) is 103 cm³/mol. The molecular formula is C20H22N4O3. The van der Waals surface area contributed by atoms with E-state index in [1.54, 1.807) is 24.3 Å². The molecule has 7 heteroatoms. The van der Waals surface area contributed by atoms with E-state index in [1.165, 1.54) is 12.7 Å². The minimum atomic E-state index is -0.478. The molecule has 0 N–H and O–H groups in total. The minimum absolute atomic E-state index is 0.0742. The lowest BCUT2D eigenvalue weighted by molar-refractivity contribution is -0.385. The zero-order valence-electron chi connectivity index (χ0n) is 15.3. The molecule has 1 aromatic heterocycles. The van der Waals surface area contributed by atoms with Gasteiger partial charge in [-0.05, 0) is 37.0 Å². The molecule has 1 aliphatic heterocycles. The van der Waals surface area contributed by atoms with Crippen molar-refractivity contribution in [3.63, 3.8) is 0 Å². The van der Waals surface area contributed by atoms with Crippen LogP contribution in [0.1, 0.15) is 38.2 Å². The Morgan fingerprint density at radius 3 is 2.81 bits per heavy atom. The Bertz CT molecular complexity index is 855. The molecule has 0 atom stereocenters. The summed E-state index contributed by atoms with van der Waals surface area (Å²) in [6.07, 6.45) is 11.1. The van der Waals surface area contributed by atoms with E-state index in [4.69, 9.17) is 11.2 Å². The van der Waals surface area contributed by atoms with Crippen molar-refractivity contribution in [3.05, 3.63) is 46.3 Å². The number of piperidine rings is 1. The van der Waals surface area contributed by atoms with Crippen molar-refractivity contribution in [1.82, 2.24) is 9.97 Å². The average Bonchev–Trinajstić information content (AvgIpc) is 2.68. The molecule has 3 rings (SSSR count). The van der Waals surface area contributed by atoms with E-state index in [0.717, 1.165) is 32.4 Å². The van der Waals surface area contributed by atoms with Crippen LogP contribution in [0.2, 0.25) is 0 Å². The number of terminal acetylenes is 1. The number of nitro groups is 1. The quantitative estimate of drug-likeness (QED) is 0.433. The molecule has 7 nitrogen and oxygen atoms in total. The molecule has 0 saturated carbocycles. The SMILES string of the molecule is C#Cc1cccc(Oc2ncnc(N3CCC(CCC)CC3)c2[N+](=O)[O-])c1. The molecule has 140 valence electrons. The summed E-state index contributed by atoms with van der Waals surface area (Å²) >= 11 is 0. The molecule has 0 unspecified atom stereocenters. The molecule has 0 aliphatic carbocycles. The number of ether oxygens (including phenoxy) is 1. The number of hydrogen-bond donors (Lipinski definition) is 0. The zero-order valence-corrected chi connectivity index (χ0v) is 15.3. The number of nitrogens with zero attached hydrogens (tertiary/aromatic N) is 4. The van der Waals surface area contributed by atoms with Crippen molar-refractivity contribution in [2.75, 3.05) is 18.0 Å². The number of benzene rings is 1. The Morgan fingerprint density at radius 1 is 1.37 bits per heavy atom. The summed E-state index contributed by atoms with van der Waals surface area (Å²) < 4.78 is 5.69. The average molecular weight is 366 g/mol. The van der Waals surface area contributed by atoms with Crippen molar-refractivity contribution < 1.29 is 9.66 Å². The molecule has 0 bridgehead atoms. The third kappa shape index (κ3) is 4.34. The summed E-state index contributed by atoms with van der Waals surface area (Å²) in [4.78, 5) is 21.4. The van der Waals surface area contributed by atoms with E-state index >= 15 is 0 Å². The first-order chi connectivity index (χ1) is 13.1. The van der Waals surface area contributed by atoms with Gasteiger partial charge in [-0.15, -0.1) is 6.42 Å². The van der Waals surface area contributed by atoms with Crippen LogP contribution in [0, 0.1) is 28.4 Å². The standard InChI is InChI=1S/C20H22N4O3/c1-3-6-16-9-11-23(12-10-16)19-18(24(25)26)20(22-14-21-19)27-17-8-5-7-15(4-2)13-17/h2,5,7-8,13-14,16H,3,6,9-12H2,1H3. The minimum Gasteiger partial charge on any atom is -0.434 e. The largest absolute Gasteiger partial charge is 0.434 e. The summed E-state index contributed by atoms with van der Waals surface area (Å²) in [6.45, 7) is 3.67. The topological polar surface area (TPSA) is 81.4 Å². The summed E-state index contributed by atoms with van der Waals surface area (Å²) in [5.74, 6) is 3.83. The van der Waals surface area contributed by atoms with Gasteiger partial charge in [-0.1, -0.05) is 31.8 Å². The normalized spacial score (nSPS) is 14.6. The highest BCUT2D eigenvalue weighted by molar-refractivity contribution is 5.63. The third-order valence-electron chi connectivity index (χ3n) is 4.78. The van der Waals surface area contributed by atoms with Crippen LogP contribution >= 0.6 is 0 Å². The highest BCUT2D eigenvalue weighted by Gasteiger charge is 2.30. The van der Waals surface area contributed by atoms with E-state index in [2.05, 4.69) is 22.8 Å². The van der Waals surface area contributed by atoms with Gasteiger partial charge in [0.2, 0.25) is 5.82 Å². The van der Waals surface area contributed by atoms with Crippen LogP contribution in [-0.2, 0) is 0 Å². The summed E-state index contributed by atoms with van der Waals surface area (Å²) in [5.41, 5.74) is 0.417. The monoisotopic (exact) mass is 366 g/mol. The van der Waals surface area contributed by atoms with Gasteiger partial charge in [-0.3, -0.25) is 10.1 Å².